The molecule has 0 spiro atoms. The number of nitrogens with one attached hydrogen (secondary N) is 2. The van der Waals surface area contributed by atoms with Crippen molar-refractivity contribution >= 4 is 37.8 Å². The number of halogens is 2. The summed E-state index contributed by atoms with van der Waals surface area (Å²) in [7, 11) is 0. The van der Waals surface area contributed by atoms with Crippen molar-refractivity contribution < 1.29 is 9.53 Å². The van der Waals surface area contributed by atoms with E-state index in [9.17, 15) is 4.79 Å². The highest BCUT2D eigenvalue weighted by molar-refractivity contribution is 9.11. The lowest BCUT2D eigenvalue weighted by Gasteiger charge is -2.13. The molecule has 0 heterocycles. The van der Waals surface area contributed by atoms with Crippen molar-refractivity contribution in [1.82, 2.24) is 10.6 Å². The Bertz CT molecular complexity index is 493. The van der Waals surface area contributed by atoms with Gasteiger partial charge in [0.1, 0.15) is 5.75 Å². The predicted molar refractivity (Wildman–Crippen MR) is 90.5 cm³/mol. The minimum absolute atomic E-state index is 0.0390. The summed E-state index contributed by atoms with van der Waals surface area (Å²) in [6.45, 7) is 5.05. The fourth-order valence-corrected chi connectivity index (χ4v) is 3.32. The third kappa shape index (κ3) is 5.60. The Hall–Kier alpha value is -0.590. The molecule has 1 aromatic rings. The topological polar surface area (TPSA) is 50.4 Å². The van der Waals surface area contributed by atoms with E-state index in [2.05, 4.69) is 56.3 Å². The number of rotatable bonds is 7. The van der Waals surface area contributed by atoms with Crippen molar-refractivity contribution in [2.45, 2.75) is 45.3 Å². The summed E-state index contributed by atoms with van der Waals surface area (Å²) < 4.78 is 7.30. The highest BCUT2D eigenvalue weighted by Crippen LogP contribution is 2.34. The van der Waals surface area contributed by atoms with Gasteiger partial charge >= 0.3 is 0 Å². The Morgan fingerprint density at radius 3 is 2.48 bits per heavy atom. The first-order chi connectivity index (χ1) is 9.95. The number of ether oxygens (including phenoxy) is 1. The predicted octanol–water partition coefficient (Wildman–Crippen LogP) is 3.37. The highest BCUT2D eigenvalue weighted by Gasteiger charge is 2.23. The number of carbonyl (C=O) groups excluding carboxylic acids is 1. The summed E-state index contributed by atoms with van der Waals surface area (Å²) in [5, 5.41) is 6.27. The van der Waals surface area contributed by atoms with Crippen LogP contribution in [0.15, 0.2) is 21.1 Å². The molecule has 0 atom stereocenters. The van der Waals surface area contributed by atoms with Crippen LogP contribution < -0.4 is 15.4 Å². The van der Waals surface area contributed by atoms with Crippen LogP contribution in [-0.2, 0) is 11.3 Å². The van der Waals surface area contributed by atoms with Crippen LogP contribution in [0.1, 0.15) is 32.3 Å². The third-order valence-electron chi connectivity index (χ3n) is 3.06. The molecule has 1 aliphatic carbocycles. The van der Waals surface area contributed by atoms with Crippen molar-refractivity contribution in [3.63, 3.8) is 0 Å². The molecule has 2 rings (SSSR count). The molecule has 0 saturated heterocycles. The minimum Gasteiger partial charge on any atom is -0.481 e. The summed E-state index contributed by atoms with van der Waals surface area (Å²) in [6, 6.07) is 4.81. The van der Waals surface area contributed by atoms with E-state index in [1.54, 1.807) is 0 Å². The summed E-state index contributed by atoms with van der Waals surface area (Å²) in [6.07, 6.45) is 2.16. The molecule has 0 aromatic heterocycles. The van der Waals surface area contributed by atoms with E-state index in [0.717, 1.165) is 33.9 Å². The van der Waals surface area contributed by atoms with Crippen LogP contribution in [0.25, 0.3) is 0 Å². The lowest BCUT2D eigenvalue weighted by molar-refractivity contribution is -0.123. The van der Waals surface area contributed by atoms with Crippen LogP contribution in [0, 0.1) is 0 Å². The van der Waals surface area contributed by atoms with Gasteiger partial charge in [-0.2, -0.15) is 0 Å². The summed E-state index contributed by atoms with van der Waals surface area (Å²) >= 11 is 7.01. The van der Waals surface area contributed by atoms with E-state index >= 15 is 0 Å². The molecule has 1 fully saturated rings. The van der Waals surface area contributed by atoms with Crippen molar-refractivity contribution in [2.75, 3.05) is 6.61 Å². The molecule has 116 valence electrons. The molecule has 1 aliphatic rings. The van der Waals surface area contributed by atoms with Gasteiger partial charge in [-0.05, 0) is 62.4 Å². The highest BCUT2D eigenvalue weighted by atomic mass is 79.9. The second-order valence-electron chi connectivity index (χ2n) is 5.55. The van der Waals surface area contributed by atoms with E-state index in [4.69, 9.17) is 4.74 Å². The van der Waals surface area contributed by atoms with Gasteiger partial charge in [-0.3, -0.25) is 4.79 Å². The Balaban J connectivity index is 1.93. The second-order valence-corrected chi connectivity index (χ2v) is 7.26. The van der Waals surface area contributed by atoms with E-state index in [-0.39, 0.29) is 12.5 Å². The van der Waals surface area contributed by atoms with Crippen LogP contribution in [-0.4, -0.2) is 24.6 Å². The van der Waals surface area contributed by atoms with Crippen LogP contribution >= 0.6 is 31.9 Å². The fourth-order valence-electron chi connectivity index (χ4n) is 1.81. The van der Waals surface area contributed by atoms with E-state index < -0.39 is 0 Å². The quantitative estimate of drug-likeness (QED) is 0.712. The molecule has 0 unspecified atom stereocenters. The average molecular weight is 420 g/mol. The fraction of sp³-hybridized carbons (Fsp3) is 0.533. The molecule has 2 N–H and O–H groups in total. The summed E-state index contributed by atoms with van der Waals surface area (Å²) in [4.78, 5) is 11.7. The van der Waals surface area contributed by atoms with Crippen molar-refractivity contribution in [2.24, 2.45) is 0 Å². The average Bonchev–Trinajstić information content (AvgIpc) is 3.19. The first kappa shape index (κ1) is 16.8. The van der Waals surface area contributed by atoms with Gasteiger partial charge in [-0.25, -0.2) is 0 Å². The Morgan fingerprint density at radius 2 is 1.95 bits per heavy atom. The molecule has 6 heteroatoms. The molecular weight excluding hydrogens is 400 g/mol. The molecule has 21 heavy (non-hydrogen) atoms. The SMILES string of the molecule is CC(C)NCc1cc(Br)c(OCC(=O)NC2CC2)c(Br)c1. The Kier molecular flexibility index (Phi) is 6.08. The normalized spacial score (nSPS) is 14.3. The molecule has 0 bridgehead atoms. The monoisotopic (exact) mass is 418 g/mol. The van der Waals surface area contributed by atoms with Crippen LogP contribution in [0.4, 0.5) is 0 Å². The van der Waals surface area contributed by atoms with Gasteiger partial charge in [0.25, 0.3) is 5.91 Å². The van der Waals surface area contributed by atoms with Crippen molar-refractivity contribution in [1.29, 1.82) is 0 Å². The van der Waals surface area contributed by atoms with Gasteiger partial charge in [0.2, 0.25) is 0 Å². The third-order valence-corrected chi connectivity index (χ3v) is 4.24. The van der Waals surface area contributed by atoms with Gasteiger partial charge in [-0.1, -0.05) is 13.8 Å². The Labute approximate surface area is 142 Å². The first-order valence-corrected chi connectivity index (χ1v) is 8.67. The van der Waals surface area contributed by atoms with Gasteiger partial charge < -0.3 is 15.4 Å². The molecule has 4 nitrogen and oxygen atoms in total. The van der Waals surface area contributed by atoms with E-state index in [1.165, 1.54) is 0 Å². The molecular formula is C15H20Br2N2O2. The number of amides is 1. The Morgan fingerprint density at radius 1 is 1.33 bits per heavy atom. The largest absolute Gasteiger partial charge is 0.481 e. The van der Waals surface area contributed by atoms with Crippen LogP contribution in [0.3, 0.4) is 0 Å². The summed E-state index contributed by atoms with van der Waals surface area (Å²) in [5.74, 6) is 0.594. The van der Waals surface area contributed by atoms with E-state index in [0.29, 0.717) is 17.8 Å². The first-order valence-electron chi connectivity index (χ1n) is 7.09. The second kappa shape index (κ2) is 7.61. The summed E-state index contributed by atoms with van der Waals surface area (Å²) in [5.41, 5.74) is 1.15. The van der Waals surface area contributed by atoms with Crippen LogP contribution in [0.5, 0.6) is 5.75 Å². The zero-order valence-electron chi connectivity index (χ0n) is 12.2. The van der Waals surface area contributed by atoms with Crippen molar-refractivity contribution in [3.05, 3.63) is 26.6 Å². The minimum atomic E-state index is -0.0677. The van der Waals surface area contributed by atoms with Gasteiger partial charge in [0.15, 0.2) is 6.61 Å². The maximum atomic E-state index is 11.7. The zero-order valence-corrected chi connectivity index (χ0v) is 15.4. The molecule has 0 radical (unpaired) electrons. The molecule has 1 saturated carbocycles. The molecule has 0 aliphatic heterocycles. The van der Waals surface area contributed by atoms with Gasteiger partial charge in [0, 0.05) is 18.6 Å². The standard InChI is InChI=1S/C15H20Br2N2O2/c1-9(2)18-7-10-5-12(16)15(13(17)6-10)21-8-14(20)19-11-3-4-11/h5-6,9,11,18H,3-4,7-8H2,1-2H3,(H,19,20). The smallest absolute Gasteiger partial charge is 0.258 e. The van der Waals surface area contributed by atoms with E-state index in [1.807, 2.05) is 12.1 Å². The lowest BCUT2D eigenvalue weighted by atomic mass is 10.2. The van der Waals surface area contributed by atoms with Gasteiger partial charge in [-0.15, -0.1) is 0 Å². The lowest BCUT2D eigenvalue weighted by Crippen LogP contribution is -2.30. The zero-order chi connectivity index (χ0) is 15.4. The van der Waals surface area contributed by atoms with Crippen LogP contribution in [0.2, 0.25) is 0 Å². The maximum absolute atomic E-state index is 11.7. The number of hydrogen-bond acceptors (Lipinski definition) is 3. The molecule has 1 aromatic carbocycles. The molecule has 1 amide bonds. The number of hydrogen-bond donors (Lipinski definition) is 2. The van der Waals surface area contributed by atoms with Gasteiger partial charge in [0.05, 0.1) is 8.95 Å². The maximum Gasteiger partial charge on any atom is 0.258 e. The number of benzene rings is 1. The number of carbonyl (C=O) groups is 1. The van der Waals surface area contributed by atoms with Crippen molar-refractivity contribution in [3.8, 4) is 5.75 Å².